The zero-order valence-corrected chi connectivity index (χ0v) is 24.1. The standard InChI is InChI=1S/C29H32F4N4O4S/c1-3-21-16-26(28(38)36-14-6-4-5-7-18(36)2)34-27-17-25(35-37(21)27)23-13-10-20(15-24(23)30)19-8-11-22(12-9-19)41-42(39,40)29(31,32)33/h10-11,13,15-19H,3-9,12,14H2,1-2H3/t18-,19?/m1/s1. The molecule has 0 saturated carbocycles. The molecule has 1 amide bonds. The van der Waals surface area contributed by atoms with E-state index in [1.807, 2.05) is 11.8 Å². The van der Waals surface area contributed by atoms with E-state index in [0.29, 0.717) is 42.0 Å². The molecule has 226 valence electrons. The van der Waals surface area contributed by atoms with E-state index >= 15 is 4.39 Å². The van der Waals surface area contributed by atoms with Gasteiger partial charge in [0.25, 0.3) is 5.91 Å². The molecule has 42 heavy (non-hydrogen) atoms. The van der Waals surface area contributed by atoms with E-state index in [0.717, 1.165) is 31.4 Å². The fourth-order valence-corrected chi connectivity index (χ4v) is 6.15. The Hall–Kier alpha value is -3.48. The Labute approximate surface area is 241 Å². The van der Waals surface area contributed by atoms with E-state index in [2.05, 4.69) is 21.2 Å². The number of allylic oxidation sites excluding steroid dienone is 2. The van der Waals surface area contributed by atoms with Crippen LogP contribution in [0.1, 0.15) is 86.5 Å². The van der Waals surface area contributed by atoms with Crippen LogP contribution in [0.2, 0.25) is 0 Å². The predicted octanol–water partition coefficient (Wildman–Crippen LogP) is 6.52. The van der Waals surface area contributed by atoms with E-state index in [9.17, 15) is 26.4 Å². The fraction of sp³-hybridized carbons (Fsp3) is 0.483. The van der Waals surface area contributed by atoms with Crippen molar-refractivity contribution in [1.29, 1.82) is 0 Å². The molecule has 0 bridgehead atoms. The maximum absolute atomic E-state index is 15.4. The Morgan fingerprint density at radius 3 is 2.57 bits per heavy atom. The first-order valence-corrected chi connectivity index (χ1v) is 15.5. The summed E-state index contributed by atoms with van der Waals surface area (Å²) in [5.41, 5.74) is -2.73. The molecule has 3 aromatic rings. The number of hydrogen-bond acceptors (Lipinski definition) is 6. The first-order valence-electron chi connectivity index (χ1n) is 14.1. The van der Waals surface area contributed by atoms with E-state index in [1.165, 1.54) is 12.1 Å². The Morgan fingerprint density at radius 1 is 1.12 bits per heavy atom. The number of aromatic nitrogens is 3. The third kappa shape index (κ3) is 6.02. The normalized spacial score (nSPS) is 20.3. The maximum Gasteiger partial charge on any atom is 0.534 e. The van der Waals surface area contributed by atoms with Crippen LogP contribution in [0.5, 0.6) is 0 Å². The molecule has 1 aromatic carbocycles. The summed E-state index contributed by atoms with van der Waals surface area (Å²) in [6, 6.07) is 8.20. The van der Waals surface area contributed by atoms with Crippen molar-refractivity contribution >= 4 is 21.7 Å². The van der Waals surface area contributed by atoms with Gasteiger partial charge in [0.2, 0.25) is 0 Å². The number of carbonyl (C=O) groups excluding carboxylic acids is 1. The van der Waals surface area contributed by atoms with Crippen LogP contribution >= 0.6 is 0 Å². The van der Waals surface area contributed by atoms with Crippen molar-refractivity contribution in [3.8, 4) is 11.3 Å². The van der Waals surface area contributed by atoms with Crippen LogP contribution in [0.4, 0.5) is 17.6 Å². The van der Waals surface area contributed by atoms with Gasteiger partial charge in [0.1, 0.15) is 17.3 Å². The molecule has 5 rings (SSSR count). The molecule has 0 radical (unpaired) electrons. The summed E-state index contributed by atoms with van der Waals surface area (Å²) >= 11 is 0. The topological polar surface area (TPSA) is 93.9 Å². The number of nitrogens with zero attached hydrogens (tertiary/aromatic N) is 4. The highest BCUT2D eigenvalue weighted by Crippen LogP contribution is 2.37. The largest absolute Gasteiger partial charge is 0.534 e. The Bertz CT molecular complexity index is 1630. The lowest BCUT2D eigenvalue weighted by atomic mass is 9.86. The van der Waals surface area contributed by atoms with Crippen LogP contribution in [0.15, 0.2) is 42.2 Å². The zero-order valence-electron chi connectivity index (χ0n) is 23.3. The third-order valence-corrected chi connectivity index (χ3v) is 9.01. The minimum atomic E-state index is -5.72. The molecule has 0 N–H and O–H groups in total. The van der Waals surface area contributed by atoms with Crippen LogP contribution in [-0.2, 0) is 20.7 Å². The number of carbonyl (C=O) groups is 1. The Balaban J connectivity index is 1.37. The van der Waals surface area contributed by atoms with Gasteiger partial charge < -0.3 is 9.08 Å². The summed E-state index contributed by atoms with van der Waals surface area (Å²) in [4.78, 5) is 19.9. The van der Waals surface area contributed by atoms with Crippen molar-refractivity contribution in [3.63, 3.8) is 0 Å². The van der Waals surface area contributed by atoms with Gasteiger partial charge in [-0.1, -0.05) is 25.8 Å². The van der Waals surface area contributed by atoms with E-state index in [1.54, 1.807) is 28.8 Å². The van der Waals surface area contributed by atoms with Gasteiger partial charge in [-0.15, -0.1) is 0 Å². The molecule has 1 aliphatic carbocycles. The SMILES string of the molecule is CCc1cc(C(=O)N2CCCCC[C@H]2C)nc2cc(-c3ccc(C4CC=C(OS(=O)(=O)C(F)(F)F)CC4)cc3F)nn12. The van der Waals surface area contributed by atoms with Crippen molar-refractivity contribution < 1.29 is 35.0 Å². The summed E-state index contributed by atoms with van der Waals surface area (Å²) in [6.45, 7) is 4.69. The highest BCUT2D eigenvalue weighted by Gasteiger charge is 2.49. The molecule has 2 aromatic heterocycles. The number of rotatable bonds is 6. The van der Waals surface area contributed by atoms with Crippen LogP contribution in [0, 0.1) is 5.82 Å². The molecule has 3 heterocycles. The lowest BCUT2D eigenvalue weighted by Gasteiger charge is -2.27. The summed E-state index contributed by atoms with van der Waals surface area (Å²) in [5, 5.41) is 4.58. The number of hydrogen-bond donors (Lipinski definition) is 0. The Morgan fingerprint density at radius 2 is 1.90 bits per heavy atom. The molecular formula is C29H32F4N4O4S. The Kier molecular flexibility index (Phi) is 8.32. The van der Waals surface area contributed by atoms with Crippen molar-refractivity contribution in [3.05, 3.63) is 64.9 Å². The van der Waals surface area contributed by atoms with Crippen molar-refractivity contribution in [2.45, 2.75) is 82.7 Å². The molecular weight excluding hydrogens is 576 g/mol. The van der Waals surface area contributed by atoms with Crippen molar-refractivity contribution in [2.75, 3.05) is 6.54 Å². The lowest BCUT2D eigenvalue weighted by Crippen LogP contribution is -2.38. The molecule has 1 fully saturated rings. The first-order chi connectivity index (χ1) is 19.9. The van der Waals surface area contributed by atoms with Gasteiger partial charge >= 0.3 is 15.6 Å². The van der Waals surface area contributed by atoms with Crippen molar-refractivity contribution in [1.82, 2.24) is 19.5 Å². The summed E-state index contributed by atoms with van der Waals surface area (Å²) < 4.78 is 81.6. The summed E-state index contributed by atoms with van der Waals surface area (Å²) in [5.74, 6) is -1.15. The van der Waals surface area contributed by atoms with Gasteiger partial charge in [-0.3, -0.25) is 4.79 Å². The number of likely N-dealkylation sites (tertiary alicyclic amines) is 1. The van der Waals surface area contributed by atoms with Crippen LogP contribution in [0.3, 0.4) is 0 Å². The molecule has 1 saturated heterocycles. The first kappa shape index (κ1) is 30.0. The van der Waals surface area contributed by atoms with E-state index in [4.69, 9.17) is 0 Å². The highest BCUT2D eigenvalue weighted by atomic mass is 32.2. The monoisotopic (exact) mass is 608 g/mol. The molecule has 13 heteroatoms. The molecule has 1 unspecified atom stereocenters. The smallest absolute Gasteiger partial charge is 0.381 e. The highest BCUT2D eigenvalue weighted by molar-refractivity contribution is 7.87. The number of fused-ring (bicyclic) bond motifs is 1. The van der Waals surface area contributed by atoms with E-state index < -0.39 is 21.4 Å². The molecule has 1 aliphatic heterocycles. The molecule has 2 atom stereocenters. The van der Waals surface area contributed by atoms with Crippen LogP contribution in [0.25, 0.3) is 16.9 Å². The quantitative estimate of drug-likeness (QED) is 0.180. The second-order valence-corrected chi connectivity index (χ2v) is 12.4. The van der Waals surface area contributed by atoms with Gasteiger partial charge in [-0.2, -0.15) is 26.7 Å². The molecule has 0 spiro atoms. The molecule has 2 aliphatic rings. The maximum atomic E-state index is 15.4. The van der Waals surface area contributed by atoms with Crippen molar-refractivity contribution in [2.24, 2.45) is 0 Å². The predicted molar refractivity (Wildman–Crippen MR) is 147 cm³/mol. The minimum Gasteiger partial charge on any atom is -0.381 e. The second kappa shape index (κ2) is 11.7. The number of alkyl halides is 3. The van der Waals surface area contributed by atoms with Gasteiger partial charge in [-0.25, -0.2) is 13.9 Å². The number of aryl methyl sites for hydroxylation is 1. The van der Waals surface area contributed by atoms with Crippen LogP contribution < -0.4 is 0 Å². The fourth-order valence-electron chi connectivity index (χ4n) is 5.62. The number of amides is 1. The van der Waals surface area contributed by atoms with E-state index in [-0.39, 0.29) is 42.0 Å². The average Bonchev–Trinajstić information content (AvgIpc) is 3.25. The van der Waals surface area contributed by atoms with Gasteiger partial charge in [0.15, 0.2) is 5.65 Å². The zero-order chi connectivity index (χ0) is 30.2. The number of benzene rings is 1. The minimum absolute atomic E-state index is 0.0293. The van der Waals surface area contributed by atoms with Gasteiger partial charge in [0, 0.05) is 36.3 Å². The number of halogens is 4. The summed E-state index contributed by atoms with van der Waals surface area (Å²) in [7, 11) is -5.72. The van der Waals surface area contributed by atoms with Gasteiger partial charge in [0.05, 0.1) is 5.69 Å². The lowest BCUT2D eigenvalue weighted by molar-refractivity contribution is -0.0524. The summed E-state index contributed by atoms with van der Waals surface area (Å²) in [6.07, 6.45) is 6.44. The average molecular weight is 609 g/mol. The van der Waals surface area contributed by atoms with Crippen LogP contribution in [-0.4, -0.2) is 51.9 Å². The van der Waals surface area contributed by atoms with Gasteiger partial charge in [-0.05, 0) is 74.8 Å². The third-order valence-electron chi connectivity index (χ3n) is 8.01. The second-order valence-electron chi connectivity index (χ2n) is 10.8. The molecule has 8 nitrogen and oxygen atoms in total.